The molecule has 2 rings (SSSR count). The molecule has 0 amide bonds. The number of rotatable bonds is 5. The minimum Gasteiger partial charge on any atom is -0.298 e. The summed E-state index contributed by atoms with van der Waals surface area (Å²) in [7, 11) is 0. The third kappa shape index (κ3) is 3.69. The van der Waals surface area contributed by atoms with Gasteiger partial charge in [-0.15, -0.1) is 11.3 Å². The Hall–Kier alpha value is -1.70. The lowest BCUT2D eigenvalue weighted by Gasteiger charge is -2.03. The summed E-state index contributed by atoms with van der Waals surface area (Å²) in [6, 6.07) is 0. The van der Waals surface area contributed by atoms with Crippen molar-refractivity contribution in [3.63, 3.8) is 0 Å². The lowest BCUT2D eigenvalue weighted by Crippen LogP contribution is -2.05. The average molecular weight is 317 g/mol. The first-order valence-electron chi connectivity index (χ1n) is 6.37. The second-order valence-corrected chi connectivity index (χ2v) is 5.89. The maximum Gasteiger partial charge on any atom is 0.434 e. The highest BCUT2D eigenvalue weighted by Crippen LogP contribution is 2.33. The van der Waals surface area contributed by atoms with Crippen LogP contribution in [-0.4, -0.2) is 21.1 Å². The van der Waals surface area contributed by atoms with E-state index in [9.17, 15) is 18.0 Å². The van der Waals surface area contributed by atoms with E-state index in [0.717, 1.165) is 23.1 Å². The normalized spacial score (nSPS) is 12.1. The molecule has 2 aromatic heterocycles. The summed E-state index contributed by atoms with van der Waals surface area (Å²) in [5, 5.41) is 5.22. The van der Waals surface area contributed by atoms with Gasteiger partial charge in [0.05, 0.1) is 5.56 Å². The standard InChI is InChI=1S/C13H14F3N3OS/c1-8(2)3-4-19-5-9(6-20)11(18-19)12-17-10(7-21-12)13(14,15)16/h5-8H,3-4H2,1-2H3. The van der Waals surface area contributed by atoms with Crippen LogP contribution >= 0.6 is 11.3 Å². The number of nitrogens with zero attached hydrogens (tertiary/aromatic N) is 3. The molecule has 114 valence electrons. The largest absolute Gasteiger partial charge is 0.434 e. The highest BCUT2D eigenvalue weighted by atomic mass is 32.1. The molecular formula is C13H14F3N3OS. The number of carbonyl (C=O) groups excluding carboxylic acids is 1. The van der Waals surface area contributed by atoms with Crippen LogP contribution in [-0.2, 0) is 12.7 Å². The van der Waals surface area contributed by atoms with Crippen molar-refractivity contribution in [1.82, 2.24) is 14.8 Å². The predicted octanol–water partition coefficient (Wildman–Crippen LogP) is 3.88. The Morgan fingerprint density at radius 3 is 2.67 bits per heavy atom. The number of carbonyl (C=O) groups is 1. The van der Waals surface area contributed by atoms with Crippen LogP contribution in [0.15, 0.2) is 11.6 Å². The summed E-state index contributed by atoms with van der Waals surface area (Å²) in [6.45, 7) is 4.72. The summed E-state index contributed by atoms with van der Waals surface area (Å²) >= 11 is 0.831. The molecule has 0 radical (unpaired) electrons. The second kappa shape index (κ2) is 5.97. The maximum absolute atomic E-state index is 12.6. The Balaban J connectivity index is 2.30. The maximum atomic E-state index is 12.6. The van der Waals surface area contributed by atoms with Gasteiger partial charge in [-0.05, 0) is 12.3 Å². The van der Waals surface area contributed by atoms with Gasteiger partial charge in [-0.3, -0.25) is 9.48 Å². The number of halogens is 3. The van der Waals surface area contributed by atoms with Crippen LogP contribution in [0.1, 0.15) is 36.3 Å². The topological polar surface area (TPSA) is 47.8 Å². The molecule has 21 heavy (non-hydrogen) atoms. The van der Waals surface area contributed by atoms with Crippen molar-refractivity contribution in [2.45, 2.75) is 33.0 Å². The van der Waals surface area contributed by atoms with Crippen LogP contribution < -0.4 is 0 Å². The van der Waals surface area contributed by atoms with Crippen molar-refractivity contribution in [3.05, 3.63) is 22.8 Å². The lowest BCUT2D eigenvalue weighted by molar-refractivity contribution is -0.140. The van der Waals surface area contributed by atoms with Crippen LogP contribution in [0.25, 0.3) is 10.7 Å². The van der Waals surface area contributed by atoms with Crippen molar-refractivity contribution in [3.8, 4) is 10.7 Å². The van der Waals surface area contributed by atoms with E-state index in [4.69, 9.17) is 0 Å². The Bertz CT molecular complexity index is 631. The number of aldehydes is 1. The first-order valence-corrected chi connectivity index (χ1v) is 7.25. The quantitative estimate of drug-likeness (QED) is 0.786. The molecule has 0 saturated carbocycles. The summed E-state index contributed by atoms with van der Waals surface area (Å²) in [6.07, 6.45) is -1.50. The van der Waals surface area contributed by atoms with E-state index in [2.05, 4.69) is 23.9 Å². The Kier molecular flexibility index (Phi) is 4.46. The first-order chi connectivity index (χ1) is 9.81. The van der Waals surface area contributed by atoms with Crippen molar-refractivity contribution < 1.29 is 18.0 Å². The zero-order chi connectivity index (χ0) is 15.6. The molecule has 2 aromatic rings. The van der Waals surface area contributed by atoms with Gasteiger partial charge in [-0.1, -0.05) is 13.8 Å². The van der Waals surface area contributed by atoms with E-state index in [1.807, 2.05) is 0 Å². The SMILES string of the molecule is CC(C)CCn1cc(C=O)c(-c2nc(C(F)(F)F)cs2)n1. The summed E-state index contributed by atoms with van der Waals surface area (Å²) in [5.41, 5.74) is -0.507. The van der Waals surface area contributed by atoms with Gasteiger partial charge in [0, 0.05) is 18.1 Å². The molecular weight excluding hydrogens is 303 g/mol. The molecule has 0 unspecified atom stereocenters. The van der Waals surface area contributed by atoms with Gasteiger partial charge in [0.25, 0.3) is 0 Å². The van der Waals surface area contributed by atoms with E-state index >= 15 is 0 Å². The van der Waals surface area contributed by atoms with Crippen LogP contribution in [0, 0.1) is 5.92 Å². The smallest absolute Gasteiger partial charge is 0.298 e. The van der Waals surface area contributed by atoms with Gasteiger partial charge < -0.3 is 0 Å². The minimum atomic E-state index is -4.49. The Morgan fingerprint density at radius 2 is 2.14 bits per heavy atom. The molecule has 0 bridgehead atoms. The van der Waals surface area contributed by atoms with Gasteiger partial charge in [0.15, 0.2) is 12.0 Å². The predicted molar refractivity (Wildman–Crippen MR) is 73.2 cm³/mol. The number of alkyl halides is 3. The van der Waals surface area contributed by atoms with Crippen LogP contribution in [0.4, 0.5) is 13.2 Å². The highest BCUT2D eigenvalue weighted by molar-refractivity contribution is 7.13. The van der Waals surface area contributed by atoms with Gasteiger partial charge in [0.1, 0.15) is 10.7 Å². The monoisotopic (exact) mass is 317 g/mol. The van der Waals surface area contributed by atoms with E-state index in [1.54, 1.807) is 10.9 Å². The summed E-state index contributed by atoms with van der Waals surface area (Å²) in [4.78, 5) is 14.6. The molecule has 0 atom stereocenters. The molecule has 0 saturated heterocycles. The number of aromatic nitrogens is 3. The van der Waals surface area contributed by atoms with E-state index in [0.29, 0.717) is 18.7 Å². The van der Waals surface area contributed by atoms with Crippen molar-refractivity contribution in [2.24, 2.45) is 5.92 Å². The molecule has 0 spiro atoms. The van der Waals surface area contributed by atoms with Crippen molar-refractivity contribution >= 4 is 17.6 Å². The minimum absolute atomic E-state index is 0.104. The Labute approximate surface area is 123 Å². The highest BCUT2D eigenvalue weighted by Gasteiger charge is 2.34. The van der Waals surface area contributed by atoms with E-state index < -0.39 is 11.9 Å². The van der Waals surface area contributed by atoms with Gasteiger partial charge >= 0.3 is 6.18 Å². The fourth-order valence-electron chi connectivity index (χ4n) is 1.71. The number of hydrogen-bond acceptors (Lipinski definition) is 4. The average Bonchev–Trinajstić information content (AvgIpc) is 3.01. The van der Waals surface area contributed by atoms with Crippen molar-refractivity contribution in [1.29, 1.82) is 0 Å². The van der Waals surface area contributed by atoms with Crippen LogP contribution in [0.2, 0.25) is 0 Å². The zero-order valence-electron chi connectivity index (χ0n) is 11.5. The molecule has 0 fully saturated rings. The summed E-state index contributed by atoms with van der Waals surface area (Å²) in [5.74, 6) is 0.467. The zero-order valence-corrected chi connectivity index (χ0v) is 12.3. The van der Waals surface area contributed by atoms with Crippen molar-refractivity contribution in [2.75, 3.05) is 0 Å². The Morgan fingerprint density at radius 1 is 1.43 bits per heavy atom. The molecule has 0 aliphatic carbocycles. The van der Waals surface area contributed by atoms with Gasteiger partial charge in [0.2, 0.25) is 0 Å². The lowest BCUT2D eigenvalue weighted by atomic mass is 10.1. The fraction of sp³-hybridized carbons (Fsp3) is 0.462. The molecule has 8 heteroatoms. The summed E-state index contributed by atoms with van der Waals surface area (Å²) < 4.78 is 39.3. The molecule has 0 aliphatic heterocycles. The van der Waals surface area contributed by atoms with Crippen LogP contribution in [0.5, 0.6) is 0 Å². The van der Waals surface area contributed by atoms with E-state index in [-0.39, 0.29) is 16.3 Å². The number of hydrogen-bond donors (Lipinski definition) is 0. The molecule has 0 aromatic carbocycles. The third-order valence-electron chi connectivity index (χ3n) is 2.85. The fourth-order valence-corrected chi connectivity index (χ4v) is 2.54. The molecule has 4 nitrogen and oxygen atoms in total. The number of aryl methyl sites for hydroxylation is 1. The second-order valence-electron chi connectivity index (χ2n) is 5.03. The number of thiazole rings is 1. The van der Waals surface area contributed by atoms with Gasteiger partial charge in [-0.2, -0.15) is 18.3 Å². The first kappa shape index (κ1) is 15.7. The molecule has 0 N–H and O–H groups in total. The van der Waals surface area contributed by atoms with Crippen LogP contribution in [0.3, 0.4) is 0 Å². The molecule has 2 heterocycles. The van der Waals surface area contributed by atoms with E-state index in [1.165, 1.54) is 0 Å². The van der Waals surface area contributed by atoms with Gasteiger partial charge in [-0.25, -0.2) is 4.98 Å². The molecule has 0 aliphatic rings. The third-order valence-corrected chi connectivity index (χ3v) is 3.70.